The largest absolute Gasteiger partial charge is 0.497 e. The van der Waals surface area contributed by atoms with Gasteiger partial charge in [-0.15, -0.1) is 0 Å². The summed E-state index contributed by atoms with van der Waals surface area (Å²) in [6.07, 6.45) is 4.38. The summed E-state index contributed by atoms with van der Waals surface area (Å²) < 4.78 is 5.22. The van der Waals surface area contributed by atoms with Crippen molar-refractivity contribution in [2.24, 2.45) is 0 Å². The Labute approximate surface area is 158 Å². The van der Waals surface area contributed by atoms with Gasteiger partial charge in [0.2, 0.25) is 0 Å². The number of nitrogens with one attached hydrogen (secondary N) is 2. The van der Waals surface area contributed by atoms with Crippen molar-refractivity contribution >= 4 is 16.7 Å². The van der Waals surface area contributed by atoms with E-state index in [4.69, 9.17) is 4.74 Å². The van der Waals surface area contributed by atoms with Crippen LogP contribution in [0.5, 0.6) is 5.75 Å². The molecule has 2 aromatic carbocycles. The lowest BCUT2D eigenvalue weighted by Crippen LogP contribution is -2.29. The van der Waals surface area contributed by atoms with Crippen LogP contribution in [0.4, 0.5) is 0 Å². The van der Waals surface area contributed by atoms with Crippen LogP contribution in [0.25, 0.3) is 10.8 Å². The molecule has 3 aromatic rings. The average molecular weight is 364 g/mol. The van der Waals surface area contributed by atoms with Crippen molar-refractivity contribution in [1.82, 2.24) is 10.3 Å². The normalized spacial score (nSPS) is 11.9. The predicted octanol–water partition coefficient (Wildman–Crippen LogP) is 4.20. The first-order valence-corrected chi connectivity index (χ1v) is 9.19. The molecule has 0 saturated heterocycles. The van der Waals surface area contributed by atoms with E-state index in [1.54, 1.807) is 25.3 Å². The molecule has 5 heteroatoms. The minimum Gasteiger partial charge on any atom is -0.497 e. The Hall–Kier alpha value is -3.08. The second-order valence-electron chi connectivity index (χ2n) is 6.52. The molecule has 0 aliphatic carbocycles. The number of carbonyl (C=O) groups excluding carboxylic acids is 1. The van der Waals surface area contributed by atoms with Gasteiger partial charge in [-0.2, -0.15) is 0 Å². The molecule has 140 valence electrons. The van der Waals surface area contributed by atoms with Gasteiger partial charge in [0, 0.05) is 17.0 Å². The molecule has 1 aromatic heterocycles. The number of hydrogen-bond donors (Lipinski definition) is 2. The molecule has 0 bridgehead atoms. The Morgan fingerprint density at radius 1 is 1.11 bits per heavy atom. The molecule has 27 heavy (non-hydrogen) atoms. The summed E-state index contributed by atoms with van der Waals surface area (Å²) in [5, 5.41) is 4.30. The van der Waals surface area contributed by atoms with Crippen LogP contribution in [0.15, 0.2) is 59.5 Å². The Morgan fingerprint density at radius 3 is 2.48 bits per heavy atom. The van der Waals surface area contributed by atoms with Gasteiger partial charge in [-0.3, -0.25) is 9.59 Å². The van der Waals surface area contributed by atoms with E-state index in [0.717, 1.165) is 30.6 Å². The highest BCUT2D eigenvalue weighted by molar-refractivity contribution is 6.06. The number of rotatable bonds is 7. The fourth-order valence-electron chi connectivity index (χ4n) is 3.20. The first-order valence-electron chi connectivity index (χ1n) is 9.19. The smallest absolute Gasteiger partial charge is 0.255 e. The maximum absolute atomic E-state index is 13.0. The Bertz CT molecular complexity index is 977. The predicted molar refractivity (Wildman–Crippen MR) is 107 cm³/mol. The highest BCUT2D eigenvalue weighted by Crippen LogP contribution is 2.23. The molecule has 0 saturated carbocycles. The maximum Gasteiger partial charge on any atom is 0.255 e. The average Bonchev–Trinajstić information content (AvgIpc) is 2.71. The number of H-pyrrole nitrogens is 1. The van der Waals surface area contributed by atoms with E-state index < -0.39 is 0 Å². The number of aromatic amines is 1. The van der Waals surface area contributed by atoms with Crippen LogP contribution >= 0.6 is 0 Å². The number of fused-ring (bicyclic) bond motifs is 1. The van der Waals surface area contributed by atoms with Crippen molar-refractivity contribution in [3.8, 4) is 5.75 Å². The SMILES string of the molecule is CCCC[C@@H](NC(=O)c1c[nH]c(=O)c2ccccc12)c1ccc(OC)cc1. The van der Waals surface area contributed by atoms with Gasteiger partial charge in [0.25, 0.3) is 11.5 Å². The molecule has 1 atom stereocenters. The number of unbranched alkanes of at least 4 members (excludes halogenated alkanes) is 1. The van der Waals surface area contributed by atoms with Crippen LogP contribution in [0, 0.1) is 0 Å². The van der Waals surface area contributed by atoms with Crippen molar-refractivity contribution in [1.29, 1.82) is 0 Å². The lowest BCUT2D eigenvalue weighted by atomic mass is 10.00. The third-order valence-corrected chi connectivity index (χ3v) is 4.72. The third kappa shape index (κ3) is 4.19. The number of amides is 1. The molecule has 0 spiro atoms. The van der Waals surface area contributed by atoms with E-state index in [2.05, 4.69) is 17.2 Å². The summed E-state index contributed by atoms with van der Waals surface area (Å²) in [7, 11) is 1.63. The summed E-state index contributed by atoms with van der Waals surface area (Å²) in [5.74, 6) is 0.588. The van der Waals surface area contributed by atoms with Gasteiger partial charge in [0.05, 0.1) is 18.7 Å². The van der Waals surface area contributed by atoms with Crippen molar-refractivity contribution in [3.63, 3.8) is 0 Å². The molecule has 5 nitrogen and oxygen atoms in total. The summed E-state index contributed by atoms with van der Waals surface area (Å²) in [4.78, 5) is 27.6. The molecule has 0 aliphatic heterocycles. The van der Waals surface area contributed by atoms with Gasteiger partial charge in [-0.25, -0.2) is 0 Å². The second kappa shape index (κ2) is 8.54. The van der Waals surface area contributed by atoms with E-state index >= 15 is 0 Å². The zero-order valence-corrected chi connectivity index (χ0v) is 15.6. The lowest BCUT2D eigenvalue weighted by molar-refractivity contribution is 0.0935. The standard InChI is InChI=1S/C22H24N2O3/c1-3-4-9-20(15-10-12-16(27-2)13-11-15)24-22(26)19-14-23-21(25)18-8-6-5-7-17(18)19/h5-8,10-14,20H,3-4,9H2,1-2H3,(H,23,25)(H,24,26)/t20-/m1/s1. The molecule has 0 aliphatic rings. The molecular formula is C22H24N2O3. The Kier molecular flexibility index (Phi) is 5.91. The molecule has 0 unspecified atom stereocenters. The minimum atomic E-state index is -0.195. The van der Waals surface area contributed by atoms with Crippen LogP contribution in [0.1, 0.15) is 48.1 Å². The number of pyridine rings is 1. The van der Waals surface area contributed by atoms with E-state index in [1.807, 2.05) is 30.3 Å². The van der Waals surface area contributed by atoms with Gasteiger partial charge in [-0.1, -0.05) is 50.1 Å². The summed E-state index contributed by atoms with van der Waals surface area (Å²) >= 11 is 0. The van der Waals surface area contributed by atoms with Gasteiger partial charge < -0.3 is 15.0 Å². The van der Waals surface area contributed by atoms with E-state index in [-0.39, 0.29) is 17.5 Å². The highest BCUT2D eigenvalue weighted by Gasteiger charge is 2.18. The zero-order valence-electron chi connectivity index (χ0n) is 15.6. The topological polar surface area (TPSA) is 71.2 Å². The summed E-state index contributed by atoms with van der Waals surface area (Å²) in [6, 6.07) is 14.8. The fraction of sp³-hybridized carbons (Fsp3) is 0.273. The third-order valence-electron chi connectivity index (χ3n) is 4.72. The summed E-state index contributed by atoms with van der Waals surface area (Å²) in [5.41, 5.74) is 1.31. The zero-order chi connectivity index (χ0) is 19.2. The van der Waals surface area contributed by atoms with Gasteiger partial charge in [0.1, 0.15) is 5.75 Å². The van der Waals surface area contributed by atoms with Crippen LogP contribution in [-0.2, 0) is 0 Å². The van der Waals surface area contributed by atoms with Gasteiger partial charge >= 0.3 is 0 Å². The van der Waals surface area contributed by atoms with E-state index in [1.165, 1.54) is 6.20 Å². The Morgan fingerprint density at radius 2 is 1.81 bits per heavy atom. The van der Waals surface area contributed by atoms with Gasteiger partial charge in [0.15, 0.2) is 0 Å². The van der Waals surface area contributed by atoms with Crippen molar-refractivity contribution in [2.45, 2.75) is 32.2 Å². The van der Waals surface area contributed by atoms with E-state index in [0.29, 0.717) is 16.3 Å². The molecule has 0 fully saturated rings. The van der Waals surface area contributed by atoms with Crippen LogP contribution in [0.3, 0.4) is 0 Å². The monoisotopic (exact) mass is 364 g/mol. The molecule has 1 heterocycles. The van der Waals surface area contributed by atoms with Crippen molar-refractivity contribution in [3.05, 3.63) is 76.2 Å². The van der Waals surface area contributed by atoms with E-state index in [9.17, 15) is 9.59 Å². The van der Waals surface area contributed by atoms with Crippen molar-refractivity contribution < 1.29 is 9.53 Å². The van der Waals surface area contributed by atoms with Crippen molar-refractivity contribution in [2.75, 3.05) is 7.11 Å². The number of aromatic nitrogens is 1. The molecule has 1 amide bonds. The molecular weight excluding hydrogens is 340 g/mol. The number of benzene rings is 2. The lowest BCUT2D eigenvalue weighted by Gasteiger charge is -2.20. The minimum absolute atomic E-state index is 0.103. The van der Waals surface area contributed by atoms with Gasteiger partial charge in [-0.05, 0) is 30.2 Å². The van der Waals surface area contributed by atoms with Crippen LogP contribution in [0.2, 0.25) is 0 Å². The Balaban J connectivity index is 1.90. The molecule has 2 N–H and O–H groups in total. The first kappa shape index (κ1) is 18.7. The quantitative estimate of drug-likeness (QED) is 0.660. The van der Waals surface area contributed by atoms with Crippen LogP contribution in [-0.4, -0.2) is 18.0 Å². The molecule has 0 radical (unpaired) electrons. The first-order chi connectivity index (χ1) is 13.1. The highest BCUT2D eigenvalue weighted by atomic mass is 16.5. The second-order valence-corrected chi connectivity index (χ2v) is 6.52. The molecule has 3 rings (SSSR count). The number of methoxy groups -OCH3 is 1. The summed E-state index contributed by atoms with van der Waals surface area (Å²) in [6.45, 7) is 2.13. The number of ether oxygens (including phenoxy) is 1. The maximum atomic E-state index is 13.0. The fourth-order valence-corrected chi connectivity index (χ4v) is 3.20. The number of carbonyl (C=O) groups is 1. The number of hydrogen-bond acceptors (Lipinski definition) is 3. The van der Waals surface area contributed by atoms with Crippen LogP contribution < -0.4 is 15.6 Å².